The molecule has 0 radical (unpaired) electrons. The summed E-state index contributed by atoms with van der Waals surface area (Å²) < 4.78 is 18.9. The quantitative estimate of drug-likeness (QED) is 0.775. The van der Waals surface area contributed by atoms with Gasteiger partial charge < -0.3 is 15.8 Å². The molecular weight excluding hydrogens is 219 g/mol. The Hall–Kier alpha value is -1.45. The van der Waals surface area contributed by atoms with E-state index in [1.54, 1.807) is 6.07 Å². The molecule has 1 aliphatic carbocycles. The average Bonchev–Trinajstić information content (AvgIpc) is 2.99. The van der Waals surface area contributed by atoms with Crippen LogP contribution in [0.1, 0.15) is 33.1 Å². The molecule has 17 heavy (non-hydrogen) atoms. The predicted molar refractivity (Wildman–Crippen MR) is 67.9 cm³/mol. The number of nitrogen functional groups attached to an aromatic ring is 1. The van der Waals surface area contributed by atoms with E-state index >= 15 is 0 Å². The van der Waals surface area contributed by atoms with Gasteiger partial charge in [0.1, 0.15) is 0 Å². The average molecular weight is 238 g/mol. The highest BCUT2D eigenvalue weighted by molar-refractivity contribution is 5.70. The first kappa shape index (κ1) is 12.0. The van der Waals surface area contributed by atoms with Crippen LogP contribution in [0, 0.1) is 5.82 Å². The van der Waals surface area contributed by atoms with Crippen molar-refractivity contribution < 1.29 is 9.13 Å². The van der Waals surface area contributed by atoms with E-state index in [0.29, 0.717) is 12.3 Å². The molecule has 1 aliphatic rings. The summed E-state index contributed by atoms with van der Waals surface area (Å²) in [7, 11) is 0. The second-order valence-electron chi connectivity index (χ2n) is 4.90. The standard InChI is InChI=1S/C13H19FN2O/c1-3-6-17-12-8-11(10(15)7-9(12)14)16-13(2)4-5-13/h7-8,16H,3-6,15H2,1-2H3. The first-order valence-electron chi connectivity index (χ1n) is 6.04. The van der Waals surface area contributed by atoms with E-state index in [-0.39, 0.29) is 11.3 Å². The second kappa shape index (κ2) is 4.43. The summed E-state index contributed by atoms with van der Waals surface area (Å²) in [5, 5.41) is 3.33. The van der Waals surface area contributed by atoms with Crippen molar-refractivity contribution in [1.82, 2.24) is 0 Å². The fraction of sp³-hybridized carbons (Fsp3) is 0.538. The molecule has 0 atom stereocenters. The lowest BCUT2D eigenvalue weighted by atomic mass is 10.2. The van der Waals surface area contributed by atoms with Crippen molar-refractivity contribution in [3.63, 3.8) is 0 Å². The predicted octanol–water partition coefficient (Wildman–Crippen LogP) is 3.16. The van der Waals surface area contributed by atoms with Crippen LogP contribution in [-0.4, -0.2) is 12.1 Å². The van der Waals surface area contributed by atoms with Crippen LogP contribution in [-0.2, 0) is 0 Å². The normalized spacial score (nSPS) is 16.6. The van der Waals surface area contributed by atoms with Crippen LogP contribution in [0.2, 0.25) is 0 Å². The minimum absolute atomic E-state index is 0.119. The summed E-state index contributed by atoms with van der Waals surface area (Å²) in [6, 6.07) is 2.98. The summed E-state index contributed by atoms with van der Waals surface area (Å²) in [5.74, 6) is -0.129. The van der Waals surface area contributed by atoms with Crippen molar-refractivity contribution in [1.29, 1.82) is 0 Å². The molecule has 0 aromatic heterocycles. The van der Waals surface area contributed by atoms with Crippen LogP contribution in [0.3, 0.4) is 0 Å². The van der Waals surface area contributed by atoms with Crippen LogP contribution in [0.5, 0.6) is 5.75 Å². The Morgan fingerprint density at radius 2 is 2.18 bits per heavy atom. The van der Waals surface area contributed by atoms with Gasteiger partial charge in [-0.15, -0.1) is 0 Å². The number of anilines is 2. The molecule has 0 amide bonds. The maximum atomic E-state index is 13.6. The Morgan fingerprint density at radius 3 is 2.76 bits per heavy atom. The van der Waals surface area contributed by atoms with Crippen LogP contribution in [0.25, 0.3) is 0 Å². The fourth-order valence-electron chi connectivity index (χ4n) is 1.64. The van der Waals surface area contributed by atoms with E-state index in [1.165, 1.54) is 6.07 Å². The summed E-state index contributed by atoms with van der Waals surface area (Å²) in [4.78, 5) is 0. The third-order valence-electron chi connectivity index (χ3n) is 3.00. The molecule has 3 N–H and O–H groups in total. The molecule has 3 nitrogen and oxygen atoms in total. The lowest BCUT2D eigenvalue weighted by molar-refractivity contribution is 0.301. The SMILES string of the molecule is CCCOc1cc(NC2(C)CC2)c(N)cc1F. The molecule has 94 valence electrons. The number of nitrogens with two attached hydrogens (primary N) is 1. The first-order chi connectivity index (χ1) is 8.04. The largest absolute Gasteiger partial charge is 0.490 e. The molecule has 0 spiro atoms. The summed E-state index contributed by atoms with van der Waals surface area (Å²) >= 11 is 0. The third kappa shape index (κ3) is 2.81. The number of hydrogen-bond acceptors (Lipinski definition) is 3. The first-order valence-corrected chi connectivity index (χ1v) is 6.04. The molecule has 0 saturated heterocycles. The van der Waals surface area contributed by atoms with Crippen LogP contribution in [0.15, 0.2) is 12.1 Å². The Balaban J connectivity index is 2.19. The number of rotatable bonds is 5. The zero-order chi connectivity index (χ0) is 12.5. The summed E-state index contributed by atoms with van der Waals surface area (Å²) in [6.07, 6.45) is 3.09. The van der Waals surface area contributed by atoms with Crippen molar-refractivity contribution in [3.8, 4) is 5.75 Å². The van der Waals surface area contributed by atoms with E-state index in [2.05, 4.69) is 12.2 Å². The Kier molecular flexibility index (Phi) is 3.13. The van der Waals surface area contributed by atoms with Gasteiger partial charge in [0, 0.05) is 17.7 Å². The number of benzene rings is 1. The molecule has 4 heteroatoms. The minimum atomic E-state index is -0.401. The monoisotopic (exact) mass is 238 g/mol. The van der Waals surface area contributed by atoms with Crippen molar-refractivity contribution in [2.75, 3.05) is 17.7 Å². The highest BCUT2D eigenvalue weighted by Crippen LogP contribution is 2.40. The van der Waals surface area contributed by atoms with E-state index in [1.807, 2.05) is 6.92 Å². The van der Waals surface area contributed by atoms with Crippen molar-refractivity contribution in [2.24, 2.45) is 0 Å². The molecule has 1 saturated carbocycles. The van der Waals surface area contributed by atoms with Crippen LogP contribution in [0.4, 0.5) is 15.8 Å². The van der Waals surface area contributed by atoms with Crippen molar-refractivity contribution >= 4 is 11.4 Å². The Morgan fingerprint density at radius 1 is 1.47 bits per heavy atom. The maximum absolute atomic E-state index is 13.6. The molecule has 0 aliphatic heterocycles. The van der Waals surface area contributed by atoms with Gasteiger partial charge in [-0.2, -0.15) is 0 Å². The van der Waals surface area contributed by atoms with Crippen LogP contribution >= 0.6 is 0 Å². The number of nitrogens with one attached hydrogen (secondary N) is 1. The van der Waals surface area contributed by atoms with Gasteiger partial charge in [-0.05, 0) is 26.2 Å². The van der Waals surface area contributed by atoms with Gasteiger partial charge in [-0.25, -0.2) is 4.39 Å². The van der Waals surface area contributed by atoms with E-state index < -0.39 is 5.82 Å². The molecule has 0 bridgehead atoms. The molecule has 1 fully saturated rings. The Labute approximate surface area is 101 Å². The molecule has 1 aromatic carbocycles. The van der Waals surface area contributed by atoms with Gasteiger partial charge >= 0.3 is 0 Å². The molecule has 1 aromatic rings. The summed E-state index contributed by atoms with van der Waals surface area (Å²) in [5.41, 5.74) is 7.11. The molecule has 0 unspecified atom stereocenters. The van der Waals surface area contributed by atoms with Gasteiger partial charge in [0.05, 0.1) is 18.0 Å². The zero-order valence-corrected chi connectivity index (χ0v) is 10.3. The van der Waals surface area contributed by atoms with E-state index in [4.69, 9.17) is 10.5 Å². The number of ether oxygens (including phenoxy) is 1. The molecule has 0 heterocycles. The lowest BCUT2D eigenvalue weighted by Gasteiger charge is -2.17. The van der Waals surface area contributed by atoms with Crippen molar-refractivity contribution in [2.45, 2.75) is 38.6 Å². The zero-order valence-electron chi connectivity index (χ0n) is 10.3. The highest BCUT2D eigenvalue weighted by Gasteiger charge is 2.37. The Bertz CT molecular complexity index is 416. The third-order valence-corrected chi connectivity index (χ3v) is 3.00. The smallest absolute Gasteiger partial charge is 0.167 e. The van der Waals surface area contributed by atoms with Crippen LogP contribution < -0.4 is 15.8 Å². The van der Waals surface area contributed by atoms with Crippen molar-refractivity contribution in [3.05, 3.63) is 17.9 Å². The van der Waals surface area contributed by atoms with E-state index in [9.17, 15) is 4.39 Å². The van der Waals surface area contributed by atoms with Gasteiger partial charge in [0.2, 0.25) is 0 Å². The highest BCUT2D eigenvalue weighted by atomic mass is 19.1. The van der Waals surface area contributed by atoms with Gasteiger partial charge in [-0.3, -0.25) is 0 Å². The maximum Gasteiger partial charge on any atom is 0.167 e. The second-order valence-corrected chi connectivity index (χ2v) is 4.90. The number of halogens is 1. The lowest BCUT2D eigenvalue weighted by Crippen LogP contribution is -2.17. The van der Waals surface area contributed by atoms with Gasteiger partial charge in [-0.1, -0.05) is 6.92 Å². The minimum Gasteiger partial charge on any atom is -0.490 e. The van der Waals surface area contributed by atoms with Gasteiger partial charge in [0.25, 0.3) is 0 Å². The summed E-state index contributed by atoms with van der Waals surface area (Å²) in [6.45, 7) is 4.62. The molecule has 2 rings (SSSR count). The van der Waals surface area contributed by atoms with Gasteiger partial charge in [0.15, 0.2) is 11.6 Å². The fourth-order valence-corrected chi connectivity index (χ4v) is 1.64. The van der Waals surface area contributed by atoms with E-state index in [0.717, 1.165) is 24.9 Å². The topological polar surface area (TPSA) is 47.3 Å². The molecular formula is C13H19FN2O. The number of hydrogen-bond donors (Lipinski definition) is 2.